The zero-order valence-electron chi connectivity index (χ0n) is 27.9. The van der Waals surface area contributed by atoms with E-state index in [-0.39, 0.29) is 17.9 Å². The first-order valence-electron chi connectivity index (χ1n) is 15.0. The lowest BCUT2D eigenvalue weighted by Gasteiger charge is -2.43. The molecule has 4 atom stereocenters. The van der Waals surface area contributed by atoms with Gasteiger partial charge in [-0.05, 0) is 85.1 Å². The molecule has 0 heterocycles. The Morgan fingerprint density at radius 1 is 0.826 bits per heavy atom. The second-order valence-electron chi connectivity index (χ2n) is 13.6. The Kier molecular flexibility index (Phi) is 13.7. The topological polar surface area (TPSA) is 111 Å². The minimum Gasteiger partial charge on any atom is -0.458 e. The minimum absolute atomic E-state index is 0.0504. The van der Waals surface area contributed by atoms with Crippen LogP contribution in [0.1, 0.15) is 79.1 Å². The van der Waals surface area contributed by atoms with E-state index in [0.717, 1.165) is 17.7 Å². The number of hydrogen-bond acceptors (Lipinski definition) is 8. The van der Waals surface area contributed by atoms with Crippen molar-refractivity contribution in [2.45, 2.75) is 107 Å². The fourth-order valence-corrected chi connectivity index (χ4v) is 7.43. The number of amides is 2. The maximum absolute atomic E-state index is 16.6. The molecule has 0 aliphatic heterocycles. The van der Waals surface area contributed by atoms with Gasteiger partial charge in [-0.25, -0.2) is 18.4 Å². The molecular formula is C34H46F2N2O6S2. The van der Waals surface area contributed by atoms with Crippen molar-refractivity contribution in [1.29, 1.82) is 0 Å². The summed E-state index contributed by atoms with van der Waals surface area (Å²) in [5, 5.41) is 3.14. The lowest BCUT2D eigenvalue weighted by Crippen LogP contribution is -2.74. The van der Waals surface area contributed by atoms with E-state index in [1.807, 2.05) is 13.8 Å². The Hall–Kier alpha value is -3.12. The van der Waals surface area contributed by atoms with Crippen LogP contribution >= 0.6 is 21.6 Å². The Balaban J connectivity index is 2.86. The zero-order valence-corrected chi connectivity index (χ0v) is 29.6. The molecule has 0 aliphatic carbocycles. The van der Waals surface area contributed by atoms with Gasteiger partial charge in [-0.3, -0.25) is 9.59 Å². The van der Waals surface area contributed by atoms with E-state index in [9.17, 15) is 23.6 Å². The van der Waals surface area contributed by atoms with Crippen molar-refractivity contribution >= 4 is 45.3 Å². The van der Waals surface area contributed by atoms with Crippen molar-refractivity contribution in [1.82, 2.24) is 10.6 Å². The molecule has 2 aromatic carbocycles. The van der Waals surface area contributed by atoms with Crippen LogP contribution in [0.25, 0.3) is 0 Å². The van der Waals surface area contributed by atoms with Crippen molar-refractivity contribution < 1.29 is 37.4 Å². The quantitative estimate of drug-likeness (QED) is 0.126. The molecule has 0 radical (unpaired) electrons. The maximum Gasteiger partial charge on any atom is 0.343 e. The van der Waals surface area contributed by atoms with E-state index in [1.54, 1.807) is 90.1 Å². The third kappa shape index (κ3) is 11.3. The number of hydrogen-bond donors (Lipinski definition) is 2. The first-order valence-corrected chi connectivity index (χ1v) is 17.2. The van der Waals surface area contributed by atoms with Crippen LogP contribution in [-0.4, -0.2) is 64.1 Å². The van der Waals surface area contributed by atoms with E-state index in [2.05, 4.69) is 10.6 Å². The van der Waals surface area contributed by atoms with E-state index < -0.39 is 64.1 Å². The fourth-order valence-electron chi connectivity index (χ4n) is 4.30. The molecule has 2 N–H and O–H groups in total. The second-order valence-corrected chi connectivity index (χ2v) is 16.0. The number of alkyl halides is 2. The van der Waals surface area contributed by atoms with E-state index in [4.69, 9.17) is 9.47 Å². The Morgan fingerprint density at radius 3 is 1.83 bits per heavy atom. The standard InChI is InChI=1S/C34H46F2N2O6S2/c1-22(2)20-25(27(40)43-31(3,4)5)37-29(41)34(30(42)44-32(6,7)8,38-26(39)23-16-12-10-13-17-23)28(33(9,36)21-35)46-45-24-18-14-11-15-19-24/h10-19,22,25,28H,20-21H2,1-9H3,(H,37,41)(H,38,39). The van der Waals surface area contributed by atoms with Gasteiger partial charge in [0.15, 0.2) is 5.67 Å². The van der Waals surface area contributed by atoms with Gasteiger partial charge in [0.2, 0.25) is 5.54 Å². The second kappa shape index (κ2) is 16.1. The van der Waals surface area contributed by atoms with Crippen LogP contribution in [0.2, 0.25) is 0 Å². The molecule has 254 valence electrons. The van der Waals surface area contributed by atoms with Gasteiger partial charge in [-0.1, -0.05) is 71.8 Å². The third-order valence-electron chi connectivity index (χ3n) is 6.31. The number of nitrogens with one attached hydrogen (secondary N) is 2. The van der Waals surface area contributed by atoms with E-state index >= 15 is 4.39 Å². The molecule has 12 heteroatoms. The van der Waals surface area contributed by atoms with Crippen LogP contribution in [-0.2, 0) is 23.9 Å². The highest BCUT2D eigenvalue weighted by Gasteiger charge is 2.63. The summed E-state index contributed by atoms with van der Waals surface area (Å²) in [7, 11) is 1.70. The minimum atomic E-state index is -2.88. The lowest BCUT2D eigenvalue weighted by molar-refractivity contribution is -0.169. The van der Waals surface area contributed by atoms with Gasteiger partial charge < -0.3 is 20.1 Å². The number of ether oxygens (including phenoxy) is 2. The predicted molar refractivity (Wildman–Crippen MR) is 179 cm³/mol. The molecule has 4 unspecified atom stereocenters. The smallest absolute Gasteiger partial charge is 0.343 e. The van der Waals surface area contributed by atoms with Gasteiger partial charge in [0.1, 0.15) is 23.9 Å². The number of esters is 2. The summed E-state index contributed by atoms with van der Waals surface area (Å²) >= 11 is 0. The van der Waals surface area contributed by atoms with Crippen LogP contribution in [0, 0.1) is 5.92 Å². The van der Waals surface area contributed by atoms with Crippen LogP contribution in [0.15, 0.2) is 65.6 Å². The lowest BCUT2D eigenvalue weighted by atomic mass is 9.83. The SMILES string of the molecule is CC(C)CC(NC(=O)C(NC(=O)c1ccccc1)(C(=O)OC(C)(C)C)C(SSc1ccccc1)C(C)(F)CF)C(=O)OC(C)(C)C. The van der Waals surface area contributed by atoms with Crippen molar-refractivity contribution in [3.05, 3.63) is 66.2 Å². The van der Waals surface area contributed by atoms with Crippen LogP contribution < -0.4 is 10.6 Å². The molecule has 2 amide bonds. The number of benzene rings is 2. The third-order valence-corrected chi connectivity index (χ3v) is 9.36. The first-order chi connectivity index (χ1) is 21.2. The summed E-state index contributed by atoms with van der Waals surface area (Å²) < 4.78 is 42.5. The Morgan fingerprint density at radius 2 is 1.35 bits per heavy atom. The van der Waals surface area contributed by atoms with Crippen molar-refractivity contribution in [3.63, 3.8) is 0 Å². The summed E-state index contributed by atoms with van der Waals surface area (Å²) in [6, 6.07) is 15.1. The molecule has 8 nitrogen and oxygen atoms in total. The number of carbonyl (C=O) groups is 4. The largest absolute Gasteiger partial charge is 0.458 e. The number of carbonyl (C=O) groups excluding carboxylic acids is 4. The summed E-state index contributed by atoms with van der Waals surface area (Å²) in [6.07, 6.45) is 0.0876. The monoisotopic (exact) mass is 680 g/mol. The average Bonchev–Trinajstić information content (AvgIpc) is 2.94. The molecule has 0 bridgehead atoms. The molecule has 0 saturated carbocycles. The highest BCUT2D eigenvalue weighted by Crippen LogP contribution is 2.46. The van der Waals surface area contributed by atoms with Gasteiger partial charge in [0, 0.05) is 10.5 Å². The highest BCUT2D eigenvalue weighted by molar-refractivity contribution is 8.77. The molecule has 46 heavy (non-hydrogen) atoms. The van der Waals surface area contributed by atoms with Crippen LogP contribution in [0.4, 0.5) is 8.78 Å². The molecule has 0 fully saturated rings. The van der Waals surface area contributed by atoms with Gasteiger partial charge in [-0.15, -0.1) is 0 Å². The summed E-state index contributed by atoms with van der Waals surface area (Å²) in [5.41, 5.74) is -7.83. The molecule has 0 aliphatic rings. The Bertz CT molecular complexity index is 1330. The van der Waals surface area contributed by atoms with Gasteiger partial charge in [0.05, 0.1) is 5.25 Å². The summed E-state index contributed by atoms with van der Waals surface area (Å²) in [6.45, 7) is 12.5. The summed E-state index contributed by atoms with van der Waals surface area (Å²) in [4.78, 5) is 56.8. The van der Waals surface area contributed by atoms with Gasteiger partial charge in [0.25, 0.3) is 11.8 Å². The molecule has 0 saturated heterocycles. The molecule has 2 rings (SSSR count). The molecule has 0 spiro atoms. The normalized spacial score (nSPS) is 15.9. The van der Waals surface area contributed by atoms with Crippen molar-refractivity contribution in [2.24, 2.45) is 5.92 Å². The zero-order chi connectivity index (χ0) is 34.9. The fraction of sp³-hybridized carbons (Fsp3) is 0.529. The molecular weight excluding hydrogens is 635 g/mol. The van der Waals surface area contributed by atoms with E-state index in [0.29, 0.717) is 15.7 Å². The molecule has 2 aromatic rings. The van der Waals surface area contributed by atoms with Crippen LogP contribution in [0.5, 0.6) is 0 Å². The van der Waals surface area contributed by atoms with Gasteiger partial charge in [-0.2, -0.15) is 0 Å². The maximum atomic E-state index is 16.6. The van der Waals surface area contributed by atoms with Crippen LogP contribution in [0.3, 0.4) is 0 Å². The van der Waals surface area contributed by atoms with Gasteiger partial charge >= 0.3 is 11.9 Å². The predicted octanol–water partition coefficient (Wildman–Crippen LogP) is 6.88. The first kappa shape index (κ1) is 39.1. The van der Waals surface area contributed by atoms with Crippen molar-refractivity contribution in [3.8, 4) is 0 Å². The number of rotatable bonds is 14. The van der Waals surface area contributed by atoms with Crippen molar-refractivity contribution in [2.75, 3.05) is 6.67 Å². The van der Waals surface area contributed by atoms with E-state index in [1.165, 1.54) is 12.1 Å². The Labute approximate surface area is 278 Å². The number of halogens is 2. The highest BCUT2D eigenvalue weighted by atomic mass is 33.1. The molecule has 0 aromatic heterocycles. The summed E-state index contributed by atoms with van der Waals surface area (Å²) in [5.74, 6) is -4.41. The average molecular weight is 681 g/mol.